The topological polar surface area (TPSA) is 38.3 Å². The summed E-state index contributed by atoms with van der Waals surface area (Å²) in [4.78, 5) is 10.8. The highest BCUT2D eigenvalue weighted by Gasteiger charge is 2.02. The molecule has 3 heteroatoms. The Labute approximate surface area is 84.1 Å². The van der Waals surface area contributed by atoms with E-state index in [0.29, 0.717) is 5.56 Å². The van der Waals surface area contributed by atoms with Crippen LogP contribution in [0.3, 0.4) is 0 Å². The molecule has 1 aromatic rings. The summed E-state index contributed by atoms with van der Waals surface area (Å²) in [7, 11) is 3.49. The molecule has 0 atom stereocenters. The number of hydrogen-bond acceptors (Lipinski definition) is 3. The summed E-state index contributed by atoms with van der Waals surface area (Å²) in [5.41, 5.74) is 1.76. The van der Waals surface area contributed by atoms with Crippen LogP contribution in [-0.4, -0.2) is 27.0 Å². The summed E-state index contributed by atoms with van der Waals surface area (Å²) in [6, 6.07) is 5.57. The first-order valence-corrected chi connectivity index (χ1v) is 4.58. The van der Waals surface area contributed by atoms with Crippen molar-refractivity contribution in [2.24, 2.45) is 0 Å². The lowest BCUT2D eigenvalue weighted by Gasteiger charge is -2.06. The quantitative estimate of drug-likeness (QED) is 0.716. The van der Waals surface area contributed by atoms with Crippen LogP contribution in [-0.2, 0) is 6.42 Å². The summed E-state index contributed by atoms with van der Waals surface area (Å²) < 4.78 is 5.04. The van der Waals surface area contributed by atoms with E-state index in [1.165, 1.54) is 0 Å². The predicted molar refractivity (Wildman–Crippen MR) is 56.0 cm³/mol. The van der Waals surface area contributed by atoms with Gasteiger partial charge < -0.3 is 10.1 Å². The van der Waals surface area contributed by atoms with Gasteiger partial charge in [-0.05, 0) is 37.7 Å². The number of methoxy groups -OCH3 is 1. The number of benzene rings is 1. The van der Waals surface area contributed by atoms with Gasteiger partial charge in [0, 0.05) is 5.56 Å². The van der Waals surface area contributed by atoms with Crippen LogP contribution < -0.4 is 10.1 Å². The lowest BCUT2D eigenvalue weighted by atomic mass is 10.1. The van der Waals surface area contributed by atoms with E-state index in [4.69, 9.17) is 4.74 Å². The van der Waals surface area contributed by atoms with Crippen molar-refractivity contribution in [2.75, 3.05) is 20.7 Å². The Morgan fingerprint density at radius 1 is 1.50 bits per heavy atom. The van der Waals surface area contributed by atoms with Crippen molar-refractivity contribution in [3.63, 3.8) is 0 Å². The zero-order chi connectivity index (χ0) is 10.4. The Morgan fingerprint density at radius 2 is 2.29 bits per heavy atom. The second kappa shape index (κ2) is 5.40. The van der Waals surface area contributed by atoms with Crippen LogP contribution in [0.25, 0.3) is 0 Å². The van der Waals surface area contributed by atoms with Gasteiger partial charge in [-0.1, -0.05) is 6.07 Å². The first-order chi connectivity index (χ1) is 6.81. The molecule has 0 heterocycles. The first kappa shape index (κ1) is 10.7. The molecule has 0 saturated carbocycles. The van der Waals surface area contributed by atoms with Gasteiger partial charge in [0.25, 0.3) is 0 Å². The summed E-state index contributed by atoms with van der Waals surface area (Å²) in [5, 5.41) is 3.05. The SMILES string of the molecule is CNCCc1ccc(OC)cc1C=O. The summed E-state index contributed by atoms with van der Waals surface area (Å²) in [6.45, 7) is 0.868. The van der Waals surface area contributed by atoms with E-state index in [1.807, 2.05) is 19.2 Å². The van der Waals surface area contributed by atoms with Gasteiger partial charge in [-0.25, -0.2) is 0 Å². The predicted octanol–water partition coefficient (Wildman–Crippen LogP) is 1.27. The third-order valence-electron chi connectivity index (χ3n) is 2.12. The second-order valence-electron chi connectivity index (χ2n) is 3.04. The molecule has 0 fully saturated rings. The van der Waals surface area contributed by atoms with E-state index < -0.39 is 0 Å². The highest BCUT2D eigenvalue weighted by atomic mass is 16.5. The lowest BCUT2D eigenvalue weighted by molar-refractivity contribution is 0.112. The van der Waals surface area contributed by atoms with Gasteiger partial charge >= 0.3 is 0 Å². The number of carbonyl (C=O) groups is 1. The van der Waals surface area contributed by atoms with Crippen LogP contribution >= 0.6 is 0 Å². The van der Waals surface area contributed by atoms with Crippen LogP contribution in [0.4, 0.5) is 0 Å². The van der Waals surface area contributed by atoms with Crippen LogP contribution in [0.2, 0.25) is 0 Å². The average molecular weight is 193 g/mol. The van der Waals surface area contributed by atoms with Gasteiger partial charge in [-0.2, -0.15) is 0 Å². The Hall–Kier alpha value is -1.35. The number of likely N-dealkylation sites (N-methyl/N-ethyl adjacent to an activating group) is 1. The minimum absolute atomic E-state index is 0.708. The monoisotopic (exact) mass is 193 g/mol. The molecule has 14 heavy (non-hydrogen) atoms. The van der Waals surface area contributed by atoms with E-state index in [9.17, 15) is 4.79 Å². The van der Waals surface area contributed by atoms with Crippen LogP contribution in [0, 0.1) is 0 Å². The standard InChI is InChI=1S/C11H15NO2/c1-12-6-5-9-3-4-11(14-2)7-10(9)8-13/h3-4,7-8,12H,5-6H2,1-2H3. The van der Waals surface area contributed by atoms with Crippen molar-refractivity contribution in [3.8, 4) is 5.75 Å². The number of hydrogen-bond donors (Lipinski definition) is 1. The highest BCUT2D eigenvalue weighted by molar-refractivity contribution is 5.78. The average Bonchev–Trinajstić information content (AvgIpc) is 2.26. The minimum atomic E-state index is 0.708. The Morgan fingerprint density at radius 3 is 2.86 bits per heavy atom. The molecule has 0 spiro atoms. The number of rotatable bonds is 5. The maximum Gasteiger partial charge on any atom is 0.150 e. The van der Waals surface area contributed by atoms with Gasteiger partial charge in [-0.15, -0.1) is 0 Å². The molecule has 1 aromatic carbocycles. The zero-order valence-corrected chi connectivity index (χ0v) is 8.54. The van der Waals surface area contributed by atoms with E-state index >= 15 is 0 Å². The second-order valence-corrected chi connectivity index (χ2v) is 3.04. The van der Waals surface area contributed by atoms with Crippen LogP contribution in [0.5, 0.6) is 5.75 Å². The van der Waals surface area contributed by atoms with E-state index in [2.05, 4.69) is 5.32 Å². The summed E-state index contributed by atoms with van der Waals surface area (Å²) in [6.07, 6.45) is 1.72. The van der Waals surface area contributed by atoms with Gasteiger partial charge in [0.05, 0.1) is 7.11 Å². The Kier molecular flexibility index (Phi) is 4.13. The van der Waals surface area contributed by atoms with E-state index in [1.54, 1.807) is 13.2 Å². The van der Waals surface area contributed by atoms with Crippen molar-refractivity contribution in [1.82, 2.24) is 5.32 Å². The maximum absolute atomic E-state index is 10.8. The number of ether oxygens (including phenoxy) is 1. The third-order valence-corrected chi connectivity index (χ3v) is 2.12. The molecular weight excluding hydrogens is 178 g/mol. The third kappa shape index (κ3) is 2.57. The van der Waals surface area contributed by atoms with E-state index in [-0.39, 0.29) is 0 Å². The van der Waals surface area contributed by atoms with Gasteiger partial charge in [0.1, 0.15) is 12.0 Å². The fourth-order valence-electron chi connectivity index (χ4n) is 1.30. The van der Waals surface area contributed by atoms with Crippen molar-refractivity contribution in [1.29, 1.82) is 0 Å². The minimum Gasteiger partial charge on any atom is -0.497 e. The molecule has 76 valence electrons. The fraction of sp³-hybridized carbons (Fsp3) is 0.364. The maximum atomic E-state index is 10.8. The van der Waals surface area contributed by atoms with Crippen LogP contribution in [0.1, 0.15) is 15.9 Å². The Bertz CT molecular complexity index is 310. The number of aldehydes is 1. The molecule has 0 saturated heterocycles. The summed E-state index contributed by atoms with van der Waals surface area (Å²) in [5.74, 6) is 0.723. The van der Waals surface area contributed by atoms with Crippen LogP contribution in [0.15, 0.2) is 18.2 Å². The zero-order valence-electron chi connectivity index (χ0n) is 8.54. The molecule has 0 unspecified atom stereocenters. The largest absolute Gasteiger partial charge is 0.497 e. The van der Waals surface area contributed by atoms with Crippen molar-refractivity contribution < 1.29 is 9.53 Å². The first-order valence-electron chi connectivity index (χ1n) is 4.58. The molecule has 0 radical (unpaired) electrons. The fourth-order valence-corrected chi connectivity index (χ4v) is 1.30. The molecule has 0 aliphatic heterocycles. The molecule has 3 nitrogen and oxygen atoms in total. The van der Waals surface area contributed by atoms with E-state index in [0.717, 1.165) is 30.6 Å². The molecule has 0 bridgehead atoms. The molecule has 1 rings (SSSR count). The highest BCUT2D eigenvalue weighted by Crippen LogP contribution is 2.16. The van der Waals surface area contributed by atoms with Gasteiger partial charge in [0.2, 0.25) is 0 Å². The molecule has 0 amide bonds. The molecule has 0 aromatic heterocycles. The smallest absolute Gasteiger partial charge is 0.150 e. The van der Waals surface area contributed by atoms with Crippen molar-refractivity contribution in [2.45, 2.75) is 6.42 Å². The number of nitrogens with one attached hydrogen (secondary N) is 1. The number of carbonyl (C=O) groups excluding carboxylic acids is 1. The molecule has 0 aliphatic carbocycles. The molecule has 1 N–H and O–H groups in total. The van der Waals surface area contributed by atoms with Crippen molar-refractivity contribution in [3.05, 3.63) is 29.3 Å². The summed E-state index contributed by atoms with van der Waals surface area (Å²) >= 11 is 0. The molecule has 0 aliphatic rings. The Balaban J connectivity index is 2.87. The van der Waals surface area contributed by atoms with Gasteiger partial charge in [0.15, 0.2) is 0 Å². The molecular formula is C11H15NO2. The normalized spacial score (nSPS) is 9.86. The van der Waals surface area contributed by atoms with Gasteiger partial charge in [-0.3, -0.25) is 4.79 Å². The lowest BCUT2D eigenvalue weighted by Crippen LogP contribution is -2.11. The van der Waals surface area contributed by atoms with Crippen molar-refractivity contribution >= 4 is 6.29 Å².